The number of hydrogen-bond donors (Lipinski definition) is 0. The van der Waals surface area contributed by atoms with Gasteiger partial charge in [-0.25, -0.2) is 0 Å². The van der Waals surface area contributed by atoms with Crippen LogP contribution >= 0.6 is 0 Å². The Kier molecular flexibility index (Phi) is 5.20. The summed E-state index contributed by atoms with van der Waals surface area (Å²) in [6.07, 6.45) is 4.15. The lowest BCUT2D eigenvalue weighted by atomic mass is 10.1. The number of aromatic nitrogens is 2. The molecule has 0 aliphatic rings. The van der Waals surface area contributed by atoms with Gasteiger partial charge in [-0.2, -0.15) is 0 Å². The highest BCUT2D eigenvalue weighted by Crippen LogP contribution is 2.20. The average molecular weight is 302 g/mol. The Morgan fingerprint density at radius 2 is 1.82 bits per heavy atom. The van der Waals surface area contributed by atoms with E-state index >= 15 is 0 Å². The normalized spacial score (nSPS) is 10.9. The van der Waals surface area contributed by atoms with Crippen molar-refractivity contribution in [3.8, 4) is 11.4 Å². The summed E-state index contributed by atoms with van der Waals surface area (Å²) in [5.74, 6) is 1.07. The molecule has 0 aliphatic heterocycles. The topological polar surface area (TPSA) is 53.2 Å². The molecule has 1 aromatic heterocycles. The maximum Gasteiger partial charge on any atom is 0.321 e. The van der Waals surface area contributed by atoms with Crippen molar-refractivity contribution >= 4 is 0 Å². The second kappa shape index (κ2) is 7.11. The number of benzene rings is 1. The first-order valence-electron chi connectivity index (χ1n) is 7.59. The van der Waals surface area contributed by atoms with E-state index in [0.29, 0.717) is 30.5 Å². The summed E-state index contributed by atoms with van der Waals surface area (Å²) in [5.41, 5.74) is -0.477. The minimum atomic E-state index is -0.557. The van der Waals surface area contributed by atoms with Gasteiger partial charge in [0.1, 0.15) is 5.75 Å². The van der Waals surface area contributed by atoms with Gasteiger partial charge in [0, 0.05) is 18.9 Å². The van der Waals surface area contributed by atoms with E-state index in [9.17, 15) is 9.59 Å². The summed E-state index contributed by atoms with van der Waals surface area (Å²) in [6, 6.07) is 7.21. The highest BCUT2D eigenvalue weighted by molar-refractivity contribution is 5.46. The molecule has 0 N–H and O–H groups in total. The van der Waals surface area contributed by atoms with Gasteiger partial charge < -0.3 is 9.30 Å². The second-order valence-electron chi connectivity index (χ2n) is 5.56. The molecule has 0 saturated carbocycles. The van der Waals surface area contributed by atoms with Crippen LogP contribution in [0.3, 0.4) is 0 Å². The molecule has 22 heavy (non-hydrogen) atoms. The third-order valence-corrected chi connectivity index (χ3v) is 3.43. The minimum absolute atomic E-state index is 0.480. The van der Waals surface area contributed by atoms with Crippen molar-refractivity contribution in [2.24, 2.45) is 5.92 Å². The third kappa shape index (κ3) is 3.47. The molecule has 0 spiro atoms. The molecule has 0 atom stereocenters. The van der Waals surface area contributed by atoms with E-state index < -0.39 is 11.1 Å². The zero-order valence-corrected chi connectivity index (χ0v) is 13.3. The fourth-order valence-electron chi connectivity index (χ4n) is 2.21. The Bertz CT molecular complexity index is 744. The first kappa shape index (κ1) is 16.1. The molecule has 0 radical (unpaired) electrons. The Morgan fingerprint density at radius 1 is 1.09 bits per heavy atom. The summed E-state index contributed by atoms with van der Waals surface area (Å²) >= 11 is 0. The number of ether oxygens (including phenoxy) is 1. The van der Waals surface area contributed by atoms with Crippen molar-refractivity contribution in [2.75, 3.05) is 6.61 Å². The maximum atomic E-state index is 12.4. The number of rotatable bonds is 6. The van der Waals surface area contributed by atoms with E-state index in [-0.39, 0.29) is 0 Å². The Balaban J connectivity index is 2.44. The van der Waals surface area contributed by atoms with Crippen LogP contribution in [-0.4, -0.2) is 15.7 Å². The molecule has 0 fully saturated rings. The summed E-state index contributed by atoms with van der Waals surface area (Å²) in [6.45, 7) is 7.11. The fourth-order valence-corrected chi connectivity index (χ4v) is 2.21. The van der Waals surface area contributed by atoms with Crippen LogP contribution < -0.4 is 15.9 Å². The lowest BCUT2D eigenvalue weighted by molar-refractivity contribution is 0.338. The monoisotopic (exact) mass is 302 g/mol. The Morgan fingerprint density at radius 3 is 2.50 bits per heavy atom. The van der Waals surface area contributed by atoms with Gasteiger partial charge in [-0.05, 0) is 31.4 Å². The van der Waals surface area contributed by atoms with Crippen molar-refractivity contribution < 1.29 is 4.74 Å². The van der Waals surface area contributed by atoms with Crippen LogP contribution in [0, 0.1) is 5.92 Å². The van der Waals surface area contributed by atoms with E-state index in [0.717, 1.165) is 6.42 Å². The van der Waals surface area contributed by atoms with Gasteiger partial charge in [-0.3, -0.25) is 14.2 Å². The molecule has 2 aromatic rings. The van der Waals surface area contributed by atoms with Gasteiger partial charge >= 0.3 is 11.1 Å². The first-order chi connectivity index (χ1) is 10.5. The summed E-state index contributed by atoms with van der Waals surface area (Å²) in [5, 5.41) is 0. The molecule has 0 unspecified atom stereocenters. The molecular weight excluding hydrogens is 280 g/mol. The van der Waals surface area contributed by atoms with Crippen molar-refractivity contribution in [3.05, 3.63) is 57.4 Å². The van der Waals surface area contributed by atoms with Crippen molar-refractivity contribution in [2.45, 2.75) is 33.7 Å². The first-order valence-corrected chi connectivity index (χ1v) is 7.59. The fraction of sp³-hybridized carbons (Fsp3) is 0.412. The van der Waals surface area contributed by atoms with Gasteiger partial charge in [-0.15, -0.1) is 0 Å². The predicted octanol–water partition coefficient (Wildman–Crippen LogP) is 2.44. The number of aryl methyl sites for hydroxylation is 1. The quantitative estimate of drug-likeness (QED) is 0.770. The van der Waals surface area contributed by atoms with Crippen LogP contribution in [0.15, 0.2) is 46.2 Å². The van der Waals surface area contributed by atoms with Gasteiger partial charge in [0.25, 0.3) is 0 Å². The van der Waals surface area contributed by atoms with Gasteiger partial charge in [0.05, 0.1) is 12.3 Å². The van der Waals surface area contributed by atoms with Crippen LogP contribution in [0.25, 0.3) is 5.69 Å². The highest BCUT2D eigenvalue weighted by atomic mass is 16.5. The van der Waals surface area contributed by atoms with E-state index in [2.05, 4.69) is 13.8 Å². The van der Waals surface area contributed by atoms with Crippen molar-refractivity contribution in [1.29, 1.82) is 0 Å². The Labute approximate surface area is 129 Å². The molecule has 5 nitrogen and oxygen atoms in total. The molecule has 0 bridgehead atoms. The van der Waals surface area contributed by atoms with E-state index in [1.165, 1.54) is 9.13 Å². The molecule has 0 saturated heterocycles. The average Bonchev–Trinajstić information content (AvgIpc) is 2.50. The number of para-hydroxylation sites is 2. The van der Waals surface area contributed by atoms with Crippen LogP contribution in [0.2, 0.25) is 0 Å². The molecular formula is C17H22N2O3. The van der Waals surface area contributed by atoms with Crippen molar-refractivity contribution in [3.63, 3.8) is 0 Å². The Hall–Kier alpha value is -2.30. The summed E-state index contributed by atoms with van der Waals surface area (Å²) in [4.78, 5) is 24.6. The van der Waals surface area contributed by atoms with Crippen LogP contribution in [0.4, 0.5) is 0 Å². The number of hydrogen-bond acceptors (Lipinski definition) is 3. The van der Waals surface area contributed by atoms with Crippen molar-refractivity contribution in [1.82, 2.24) is 9.13 Å². The van der Waals surface area contributed by atoms with Gasteiger partial charge in [-0.1, -0.05) is 26.0 Å². The zero-order chi connectivity index (χ0) is 16.1. The van der Waals surface area contributed by atoms with Gasteiger partial charge in [0.2, 0.25) is 0 Å². The highest BCUT2D eigenvalue weighted by Gasteiger charge is 2.10. The summed E-state index contributed by atoms with van der Waals surface area (Å²) < 4.78 is 8.35. The molecule has 5 heteroatoms. The van der Waals surface area contributed by atoms with E-state index in [1.807, 2.05) is 19.1 Å². The van der Waals surface area contributed by atoms with E-state index in [4.69, 9.17) is 4.74 Å². The zero-order valence-electron chi connectivity index (χ0n) is 13.3. The SMILES string of the molecule is CCOc1ccccc1-n1ccn(CCC(C)C)c(=O)c1=O. The van der Waals surface area contributed by atoms with Gasteiger partial charge in [0.15, 0.2) is 0 Å². The summed E-state index contributed by atoms with van der Waals surface area (Å²) in [7, 11) is 0. The molecule has 1 heterocycles. The molecule has 2 rings (SSSR count). The molecule has 0 aliphatic carbocycles. The lowest BCUT2D eigenvalue weighted by Crippen LogP contribution is -2.40. The molecule has 0 amide bonds. The van der Waals surface area contributed by atoms with Crippen LogP contribution in [0.5, 0.6) is 5.75 Å². The lowest BCUT2D eigenvalue weighted by Gasteiger charge is -2.13. The largest absolute Gasteiger partial charge is 0.492 e. The second-order valence-corrected chi connectivity index (χ2v) is 5.56. The molecule has 118 valence electrons. The standard InChI is InChI=1S/C17H22N2O3/c1-4-22-15-8-6-5-7-14(15)19-12-11-18(10-9-13(2)3)16(20)17(19)21/h5-8,11-13H,4,9-10H2,1-3H3. The van der Waals surface area contributed by atoms with E-state index in [1.54, 1.807) is 24.5 Å². The smallest absolute Gasteiger partial charge is 0.321 e. The predicted molar refractivity (Wildman–Crippen MR) is 86.9 cm³/mol. The maximum absolute atomic E-state index is 12.4. The third-order valence-electron chi connectivity index (χ3n) is 3.43. The minimum Gasteiger partial charge on any atom is -0.492 e. The number of nitrogens with zero attached hydrogens (tertiary/aromatic N) is 2. The van der Waals surface area contributed by atoms with Crippen LogP contribution in [0.1, 0.15) is 27.2 Å². The van der Waals surface area contributed by atoms with Crippen LogP contribution in [-0.2, 0) is 6.54 Å². The molecule has 1 aromatic carbocycles.